The van der Waals surface area contributed by atoms with Crippen molar-refractivity contribution in [1.82, 2.24) is 0 Å². The molecule has 3 aromatic carbocycles. The molecule has 0 saturated carbocycles. The van der Waals surface area contributed by atoms with Crippen LogP contribution in [0.25, 0.3) is 0 Å². The summed E-state index contributed by atoms with van der Waals surface area (Å²) < 4.78 is 0. The molecule has 3 aromatic rings. The normalized spacial score (nSPS) is 8.28. The van der Waals surface area contributed by atoms with Crippen molar-refractivity contribution in [1.29, 1.82) is 0 Å². The van der Waals surface area contributed by atoms with Crippen molar-refractivity contribution in [2.45, 2.75) is 0 Å². The van der Waals surface area contributed by atoms with E-state index in [2.05, 4.69) is 16.0 Å². The van der Waals surface area contributed by atoms with Crippen LogP contribution in [0.2, 0.25) is 0 Å². The van der Waals surface area contributed by atoms with E-state index < -0.39 is 0 Å². The van der Waals surface area contributed by atoms with E-state index in [1.165, 1.54) is 0 Å². The molecule has 3 rings (SSSR count). The van der Waals surface area contributed by atoms with Crippen molar-refractivity contribution in [3.63, 3.8) is 0 Å². The molecular weight excluding hydrogens is 325 g/mol. The molecule has 25 heavy (non-hydrogen) atoms. The average molecular weight is 355 g/mol. The smallest absolute Gasteiger partial charge is 0.0337 e. The molecule has 134 valence electrons. The Bertz CT molecular complexity index is 537. The molecule has 0 bridgehead atoms. The fourth-order valence-electron chi connectivity index (χ4n) is 1.81. The number of para-hydroxylation sites is 3. The van der Waals surface area contributed by atoms with Crippen LogP contribution in [0.4, 0.5) is 17.1 Å². The van der Waals surface area contributed by atoms with Crippen molar-refractivity contribution in [3.8, 4) is 0 Å². The zero-order valence-corrected chi connectivity index (χ0v) is 16.8. The molecule has 1 atom stereocenters. The predicted molar refractivity (Wildman–Crippen MR) is 119 cm³/mol. The van der Waals surface area contributed by atoms with Gasteiger partial charge in [-0.25, -0.2) is 0 Å². The Hall–Kier alpha value is -2.51. The summed E-state index contributed by atoms with van der Waals surface area (Å²) in [7, 11) is 5.74. The van der Waals surface area contributed by atoms with Crippen LogP contribution in [0.3, 0.4) is 0 Å². The maximum Gasteiger partial charge on any atom is 0.0337 e. The van der Waals surface area contributed by atoms with Gasteiger partial charge in [0.05, 0.1) is 0 Å². The van der Waals surface area contributed by atoms with E-state index in [-0.39, 0.29) is 9.90 Å². The summed E-state index contributed by atoms with van der Waals surface area (Å²) in [6, 6.07) is 30.2. The predicted octanol–water partition coefficient (Wildman–Crippen LogP) is 5.24. The highest BCUT2D eigenvalue weighted by atomic mass is 31.0. The van der Waals surface area contributed by atoms with Crippen LogP contribution in [0.15, 0.2) is 91.0 Å². The zero-order chi connectivity index (χ0) is 17.5. The fraction of sp³-hybridized carbons (Fsp3) is 0.143. The van der Waals surface area contributed by atoms with Crippen molar-refractivity contribution < 1.29 is 0 Å². The van der Waals surface area contributed by atoms with Gasteiger partial charge in [-0.3, -0.25) is 0 Å². The lowest BCUT2D eigenvalue weighted by atomic mass is 10.3. The van der Waals surface area contributed by atoms with Gasteiger partial charge in [-0.1, -0.05) is 54.6 Å². The van der Waals surface area contributed by atoms with E-state index in [1.54, 1.807) is 0 Å². The van der Waals surface area contributed by atoms with Crippen LogP contribution in [0, 0.1) is 0 Å². The largest absolute Gasteiger partial charge is 0.388 e. The summed E-state index contributed by atoms with van der Waals surface area (Å²) in [4.78, 5) is 0. The van der Waals surface area contributed by atoms with Gasteiger partial charge < -0.3 is 16.0 Å². The lowest BCUT2D eigenvalue weighted by molar-refractivity contribution is 1.51. The SMILES string of the molecule is CNc1ccccc1.CNc1ccccc1.CNc1ccccc1.P. The van der Waals surface area contributed by atoms with Gasteiger partial charge in [0.15, 0.2) is 0 Å². The quantitative estimate of drug-likeness (QED) is 0.562. The molecule has 3 nitrogen and oxygen atoms in total. The molecule has 0 aliphatic heterocycles. The van der Waals surface area contributed by atoms with Gasteiger partial charge in [-0.05, 0) is 36.4 Å². The van der Waals surface area contributed by atoms with Crippen LogP contribution < -0.4 is 16.0 Å². The summed E-state index contributed by atoms with van der Waals surface area (Å²) in [6.07, 6.45) is 0. The average Bonchev–Trinajstić information content (AvgIpc) is 2.71. The summed E-state index contributed by atoms with van der Waals surface area (Å²) in [5.74, 6) is 0. The van der Waals surface area contributed by atoms with E-state index in [4.69, 9.17) is 0 Å². The number of nitrogens with one attached hydrogen (secondary N) is 3. The lowest BCUT2D eigenvalue weighted by Crippen LogP contribution is -1.84. The minimum absolute atomic E-state index is 0. The molecule has 0 saturated heterocycles. The Labute approximate surface area is 155 Å². The third kappa shape index (κ3) is 10.8. The maximum absolute atomic E-state index is 3.03. The van der Waals surface area contributed by atoms with Gasteiger partial charge in [-0.15, -0.1) is 0 Å². The second kappa shape index (κ2) is 15.0. The molecule has 0 radical (unpaired) electrons. The minimum atomic E-state index is 0. The monoisotopic (exact) mass is 355 g/mol. The summed E-state index contributed by atoms with van der Waals surface area (Å²) >= 11 is 0. The molecule has 0 aromatic heterocycles. The highest BCUT2D eigenvalue weighted by molar-refractivity contribution is 6.92. The Kier molecular flexibility index (Phi) is 13.5. The van der Waals surface area contributed by atoms with Crippen molar-refractivity contribution in [2.24, 2.45) is 0 Å². The van der Waals surface area contributed by atoms with Crippen LogP contribution in [-0.2, 0) is 0 Å². The van der Waals surface area contributed by atoms with Gasteiger partial charge in [-0.2, -0.15) is 9.90 Å². The number of benzene rings is 3. The molecular formula is C21H30N3P. The minimum Gasteiger partial charge on any atom is -0.388 e. The number of hydrogen-bond donors (Lipinski definition) is 3. The van der Waals surface area contributed by atoms with Crippen LogP contribution >= 0.6 is 9.90 Å². The third-order valence-electron chi connectivity index (χ3n) is 3.19. The Balaban J connectivity index is 0.000000339. The number of hydrogen-bond acceptors (Lipinski definition) is 3. The standard InChI is InChI=1S/3C7H9N.H3P/c3*1-8-7-5-3-2-4-6-7;/h3*2-6,8H,1H3;1H3. The van der Waals surface area contributed by atoms with Crippen LogP contribution in [0.1, 0.15) is 0 Å². The van der Waals surface area contributed by atoms with Gasteiger partial charge >= 0.3 is 0 Å². The lowest BCUT2D eigenvalue weighted by Gasteiger charge is -1.94. The van der Waals surface area contributed by atoms with E-state index >= 15 is 0 Å². The highest BCUT2D eigenvalue weighted by Crippen LogP contribution is 2.02. The number of rotatable bonds is 3. The molecule has 0 aliphatic carbocycles. The first-order valence-electron chi connectivity index (χ1n) is 7.98. The molecule has 4 heteroatoms. The van der Waals surface area contributed by atoms with Crippen molar-refractivity contribution >= 4 is 27.0 Å². The van der Waals surface area contributed by atoms with Gasteiger partial charge in [0, 0.05) is 38.2 Å². The van der Waals surface area contributed by atoms with Crippen LogP contribution in [0.5, 0.6) is 0 Å². The first-order valence-corrected chi connectivity index (χ1v) is 7.98. The Morgan fingerprint density at radius 2 is 0.600 bits per heavy atom. The zero-order valence-electron chi connectivity index (χ0n) is 15.4. The van der Waals surface area contributed by atoms with E-state index in [0.29, 0.717) is 0 Å². The molecule has 0 fully saturated rings. The van der Waals surface area contributed by atoms with E-state index in [1.807, 2.05) is 112 Å². The summed E-state index contributed by atoms with van der Waals surface area (Å²) in [5.41, 5.74) is 3.48. The molecule has 0 amide bonds. The van der Waals surface area contributed by atoms with Gasteiger partial charge in [0.1, 0.15) is 0 Å². The number of anilines is 3. The fourth-order valence-corrected chi connectivity index (χ4v) is 1.81. The second-order valence-corrected chi connectivity index (χ2v) is 4.85. The summed E-state index contributed by atoms with van der Waals surface area (Å²) in [6.45, 7) is 0. The highest BCUT2D eigenvalue weighted by Gasteiger charge is 1.79. The molecule has 1 unspecified atom stereocenters. The Morgan fingerprint density at radius 3 is 0.720 bits per heavy atom. The summed E-state index contributed by atoms with van der Waals surface area (Å²) in [5, 5.41) is 9.08. The third-order valence-corrected chi connectivity index (χ3v) is 3.19. The van der Waals surface area contributed by atoms with E-state index in [0.717, 1.165) is 17.1 Å². The second-order valence-electron chi connectivity index (χ2n) is 4.85. The molecule has 3 N–H and O–H groups in total. The first kappa shape index (κ1) is 22.5. The maximum atomic E-state index is 3.03. The van der Waals surface area contributed by atoms with E-state index in [9.17, 15) is 0 Å². The first-order chi connectivity index (χ1) is 11.8. The topological polar surface area (TPSA) is 36.1 Å². The molecule has 0 aliphatic rings. The van der Waals surface area contributed by atoms with Gasteiger partial charge in [0.25, 0.3) is 0 Å². The molecule has 0 heterocycles. The van der Waals surface area contributed by atoms with Crippen molar-refractivity contribution in [2.75, 3.05) is 37.1 Å². The van der Waals surface area contributed by atoms with Crippen LogP contribution in [-0.4, -0.2) is 21.1 Å². The van der Waals surface area contributed by atoms with Gasteiger partial charge in [0.2, 0.25) is 0 Å². The molecule has 0 spiro atoms. The Morgan fingerprint density at radius 1 is 0.400 bits per heavy atom. The van der Waals surface area contributed by atoms with Crippen molar-refractivity contribution in [3.05, 3.63) is 91.0 Å².